The largest absolute Gasteiger partial charge is 0.385 e. The lowest BCUT2D eigenvalue weighted by molar-refractivity contribution is -0.237. The van der Waals surface area contributed by atoms with Gasteiger partial charge in [-0.2, -0.15) is 0 Å². The highest BCUT2D eigenvalue weighted by Crippen LogP contribution is 2.36. The molecule has 0 aromatic rings. The monoisotopic (exact) mass is 244 g/mol. The summed E-state index contributed by atoms with van der Waals surface area (Å²) in [6, 6.07) is 0. The van der Waals surface area contributed by atoms with Gasteiger partial charge in [0.1, 0.15) is 5.60 Å². The van der Waals surface area contributed by atoms with E-state index in [1.165, 1.54) is 6.42 Å². The molecule has 0 spiro atoms. The smallest absolute Gasteiger partial charge is 0.183 e. The van der Waals surface area contributed by atoms with Crippen LogP contribution in [0, 0.1) is 17.8 Å². The molecular weight excluding hydrogens is 216 g/mol. The molecule has 2 N–H and O–H groups in total. The van der Waals surface area contributed by atoms with Crippen LogP contribution >= 0.6 is 0 Å². The molecule has 4 atom stereocenters. The quantitative estimate of drug-likeness (QED) is 0.747. The molecule has 0 aliphatic heterocycles. The van der Waals surface area contributed by atoms with Crippen LogP contribution in [0.15, 0.2) is 0 Å². The Kier molecular flexibility index (Phi) is 4.99. The van der Waals surface area contributed by atoms with Gasteiger partial charge in [-0.25, -0.2) is 0 Å². The molecular formula is C14H28O3. The van der Waals surface area contributed by atoms with E-state index < -0.39 is 11.9 Å². The van der Waals surface area contributed by atoms with E-state index in [-0.39, 0.29) is 6.10 Å². The van der Waals surface area contributed by atoms with Crippen LogP contribution in [0.3, 0.4) is 0 Å². The van der Waals surface area contributed by atoms with Crippen molar-refractivity contribution in [3.63, 3.8) is 0 Å². The van der Waals surface area contributed by atoms with Crippen LogP contribution in [0.4, 0.5) is 0 Å². The van der Waals surface area contributed by atoms with E-state index >= 15 is 0 Å². The van der Waals surface area contributed by atoms with Gasteiger partial charge in [-0.3, -0.25) is 0 Å². The summed E-state index contributed by atoms with van der Waals surface area (Å²) in [6.07, 6.45) is 2.35. The Balaban J connectivity index is 2.64. The number of hydrogen-bond donors (Lipinski definition) is 2. The van der Waals surface area contributed by atoms with Crippen LogP contribution < -0.4 is 0 Å². The first-order valence-electron chi connectivity index (χ1n) is 6.77. The second-order valence-corrected chi connectivity index (χ2v) is 6.51. The maximum absolute atomic E-state index is 9.85. The van der Waals surface area contributed by atoms with E-state index in [0.29, 0.717) is 17.8 Å². The highest BCUT2D eigenvalue weighted by molar-refractivity contribution is 4.83. The fourth-order valence-electron chi connectivity index (χ4n) is 2.60. The van der Waals surface area contributed by atoms with Crippen LogP contribution in [0.5, 0.6) is 0 Å². The van der Waals surface area contributed by atoms with Crippen molar-refractivity contribution in [2.24, 2.45) is 17.8 Å². The Morgan fingerprint density at radius 1 is 1.24 bits per heavy atom. The highest BCUT2D eigenvalue weighted by Gasteiger charge is 2.36. The van der Waals surface area contributed by atoms with Crippen molar-refractivity contribution in [3.8, 4) is 0 Å². The first kappa shape index (κ1) is 14.9. The predicted molar refractivity (Wildman–Crippen MR) is 68.5 cm³/mol. The van der Waals surface area contributed by atoms with E-state index in [2.05, 4.69) is 20.8 Å². The van der Waals surface area contributed by atoms with E-state index in [1.807, 2.05) is 0 Å². The van der Waals surface area contributed by atoms with Crippen LogP contribution in [0.1, 0.15) is 53.9 Å². The first-order valence-corrected chi connectivity index (χ1v) is 6.77. The van der Waals surface area contributed by atoms with Gasteiger partial charge in [0, 0.05) is 0 Å². The van der Waals surface area contributed by atoms with Gasteiger partial charge >= 0.3 is 0 Å². The fourth-order valence-corrected chi connectivity index (χ4v) is 2.60. The third-order valence-corrected chi connectivity index (χ3v) is 3.87. The van der Waals surface area contributed by atoms with Gasteiger partial charge in [0.15, 0.2) is 6.29 Å². The minimum absolute atomic E-state index is 0.0696. The van der Waals surface area contributed by atoms with Crippen molar-refractivity contribution in [2.75, 3.05) is 0 Å². The molecule has 0 aromatic carbocycles. The molecule has 1 saturated carbocycles. The third-order valence-electron chi connectivity index (χ3n) is 3.87. The van der Waals surface area contributed by atoms with Gasteiger partial charge in [0.05, 0.1) is 6.10 Å². The van der Waals surface area contributed by atoms with Crippen molar-refractivity contribution in [2.45, 2.75) is 71.9 Å². The minimum atomic E-state index is -1.19. The van der Waals surface area contributed by atoms with E-state index in [4.69, 9.17) is 4.74 Å². The summed E-state index contributed by atoms with van der Waals surface area (Å²) in [6.45, 7) is 9.78. The number of hydrogen-bond acceptors (Lipinski definition) is 3. The topological polar surface area (TPSA) is 49.7 Å². The molecule has 17 heavy (non-hydrogen) atoms. The third kappa shape index (κ3) is 4.23. The van der Waals surface area contributed by atoms with Gasteiger partial charge < -0.3 is 14.9 Å². The summed E-state index contributed by atoms with van der Waals surface area (Å²) >= 11 is 0. The van der Waals surface area contributed by atoms with Gasteiger partial charge in [0.25, 0.3) is 0 Å². The van der Waals surface area contributed by atoms with Crippen LogP contribution in [-0.2, 0) is 4.74 Å². The maximum atomic E-state index is 9.85. The average Bonchev–Trinajstić information content (AvgIpc) is 2.15. The zero-order valence-corrected chi connectivity index (χ0v) is 11.8. The Labute approximate surface area is 105 Å². The number of ether oxygens (including phenoxy) is 1. The zero-order chi connectivity index (χ0) is 13.2. The molecule has 3 heteroatoms. The van der Waals surface area contributed by atoms with Gasteiger partial charge in [0.2, 0.25) is 0 Å². The lowest BCUT2D eigenvalue weighted by Crippen LogP contribution is -2.44. The molecule has 0 aromatic heterocycles. The summed E-state index contributed by atoms with van der Waals surface area (Å²) in [5.41, 5.74) is -1.19. The Hall–Kier alpha value is -0.120. The molecule has 0 amide bonds. The molecule has 1 aliphatic rings. The van der Waals surface area contributed by atoms with Crippen molar-refractivity contribution in [3.05, 3.63) is 0 Å². The van der Waals surface area contributed by atoms with E-state index in [0.717, 1.165) is 12.8 Å². The molecule has 1 aliphatic carbocycles. The maximum Gasteiger partial charge on any atom is 0.183 e. The molecule has 0 radical (unpaired) electrons. The molecule has 1 rings (SSSR count). The lowest BCUT2D eigenvalue weighted by atomic mass is 9.75. The first-order chi connectivity index (χ1) is 7.71. The molecule has 0 heterocycles. The second-order valence-electron chi connectivity index (χ2n) is 6.51. The normalized spacial score (nSPS) is 32.8. The van der Waals surface area contributed by atoms with Crippen molar-refractivity contribution in [1.82, 2.24) is 0 Å². The fraction of sp³-hybridized carbons (Fsp3) is 1.00. The lowest BCUT2D eigenvalue weighted by Gasteiger charge is -2.39. The van der Waals surface area contributed by atoms with Crippen LogP contribution in [0.25, 0.3) is 0 Å². The zero-order valence-electron chi connectivity index (χ0n) is 11.8. The molecule has 0 saturated heterocycles. The summed E-state index contributed by atoms with van der Waals surface area (Å²) < 4.78 is 5.71. The van der Waals surface area contributed by atoms with Gasteiger partial charge in [-0.1, -0.05) is 27.2 Å². The van der Waals surface area contributed by atoms with Crippen molar-refractivity contribution < 1.29 is 14.9 Å². The standard InChI is InChI=1S/C14H28O3/c1-9(2)11-7-6-10(3)8-12(11)17-13(15)14(4,5)16/h9-13,15-16H,6-8H2,1-5H3. The average molecular weight is 244 g/mol. The Bertz CT molecular complexity index is 232. The molecule has 3 nitrogen and oxygen atoms in total. The van der Waals surface area contributed by atoms with Crippen molar-refractivity contribution >= 4 is 0 Å². The van der Waals surface area contributed by atoms with Crippen molar-refractivity contribution in [1.29, 1.82) is 0 Å². The van der Waals surface area contributed by atoms with Crippen LogP contribution in [0.2, 0.25) is 0 Å². The molecule has 102 valence electrons. The Morgan fingerprint density at radius 3 is 2.29 bits per heavy atom. The number of rotatable bonds is 4. The Morgan fingerprint density at radius 2 is 1.82 bits per heavy atom. The summed E-state index contributed by atoms with van der Waals surface area (Å²) in [5.74, 6) is 1.69. The van der Waals surface area contributed by atoms with E-state index in [1.54, 1.807) is 13.8 Å². The number of aliphatic hydroxyl groups excluding tert-OH is 1. The summed E-state index contributed by atoms with van der Waals surface area (Å²) in [4.78, 5) is 0. The van der Waals surface area contributed by atoms with Crippen LogP contribution in [-0.4, -0.2) is 28.2 Å². The molecule has 0 bridgehead atoms. The molecule has 4 unspecified atom stereocenters. The molecule has 1 fully saturated rings. The van der Waals surface area contributed by atoms with Gasteiger partial charge in [-0.05, 0) is 44.4 Å². The summed E-state index contributed by atoms with van der Waals surface area (Å²) in [7, 11) is 0. The summed E-state index contributed by atoms with van der Waals surface area (Å²) in [5, 5.41) is 19.6. The van der Waals surface area contributed by atoms with E-state index in [9.17, 15) is 10.2 Å². The highest BCUT2D eigenvalue weighted by atomic mass is 16.6. The SMILES string of the molecule is CC1CCC(C(C)C)C(OC(O)C(C)(C)O)C1. The number of aliphatic hydroxyl groups is 2. The minimum Gasteiger partial charge on any atom is -0.385 e. The second kappa shape index (κ2) is 5.68. The predicted octanol–water partition coefficient (Wildman–Crippen LogP) is 2.55. The van der Waals surface area contributed by atoms with Gasteiger partial charge in [-0.15, -0.1) is 0 Å².